The first-order valence-electron chi connectivity index (χ1n) is 8.33. The Labute approximate surface area is 150 Å². The molecule has 1 heterocycles. The third-order valence-corrected chi connectivity index (χ3v) is 4.38. The fraction of sp³-hybridized carbons (Fsp3) is 0.0455. The quantitative estimate of drug-likeness (QED) is 0.560. The van der Waals surface area contributed by atoms with Gasteiger partial charge in [-0.1, -0.05) is 60.7 Å². The first-order chi connectivity index (χ1) is 12.6. The summed E-state index contributed by atoms with van der Waals surface area (Å²) < 4.78 is 0. The van der Waals surface area contributed by atoms with Crippen molar-refractivity contribution in [2.45, 2.75) is 6.92 Å². The molecule has 4 aromatic rings. The van der Waals surface area contributed by atoms with Crippen LogP contribution in [0.15, 0.2) is 77.6 Å². The molecule has 26 heavy (non-hydrogen) atoms. The fourth-order valence-corrected chi connectivity index (χ4v) is 2.95. The van der Waals surface area contributed by atoms with Crippen molar-refractivity contribution in [1.29, 1.82) is 0 Å². The maximum absolute atomic E-state index is 12.6. The Kier molecular flexibility index (Phi) is 3.93. The summed E-state index contributed by atoms with van der Waals surface area (Å²) in [5, 5.41) is 0.551. The van der Waals surface area contributed by atoms with Crippen LogP contribution in [-0.2, 0) is 0 Å². The molecule has 0 bridgehead atoms. The van der Waals surface area contributed by atoms with Gasteiger partial charge in [0.05, 0.1) is 10.9 Å². The normalized spacial score (nSPS) is 10.8. The van der Waals surface area contributed by atoms with Crippen molar-refractivity contribution in [3.63, 3.8) is 0 Å². The van der Waals surface area contributed by atoms with Crippen LogP contribution in [0.3, 0.4) is 0 Å². The van der Waals surface area contributed by atoms with E-state index in [1.54, 1.807) is 24.3 Å². The van der Waals surface area contributed by atoms with Gasteiger partial charge in [-0.25, -0.2) is 4.98 Å². The number of H-pyrrole nitrogens is 1. The molecule has 0 aliphatic carbocycles. The van der Waals surface area contributed by atoms with Crippen LogP contribution in [0.25, 0.3) is 33.4 Å². The zero-order valence-corrected chi connectivity index (χ0v) is 14.2. The van der Waals surface area contributed by atoms with Crippen LogP contribution in [0.1, 0.15) is 17.3 Å². The summed E-state index contributed by atoms with van der Waals surface area (Å²) in [7, 11) is 0. The molecule has 0 unspecified atom stereocenters. The van der Waals surface area contributed by atoms with Crippen LogP contribution in [0.4, 0.5) is 0 Å². The summed E-state index contributed by atoms with van der Waals surface area (Å²) in [5.41, 5.74) is 3.88. The Bertz CT molecular complexity index is 1160. The SMILES string of the molecule is CC(=O)c1ccc(-c2nc3ccc(-c4ccccc4)cc3c(=O)[nH]2)cc1. The Morgan fingerprint density at radius 3 is 2.23 bits per heavy atom. The number of aromatic nitrogens is 2. The summed E-state index contributed by atoms with van der Waals surface area (Å²) in [6, 6.07) is 22.7. The lowest BCUT2D eigenvalue weighted by molar-refractivity contribution is 0.101. The number of carbonyl (C=O) groups excluding carboxylic acids is 1. The standard InChI is InChI=1S/C22H16N2O2/c1-14(25)15-7-9-17(10-8-15)21-23-20-12-11-18(13-19(20)22(26)24-21)16-5-3-2-4-6-16/h2-13H,1H3,(H,23,24,26). The molecular weight excluding hydrogens is 324 g/mol. The first kappa shape index (κ1) is 16.0. The van der Waals surface area contributed by atoms with Gasteiger partial charge in [-0.2, -0.15) is 0 Å². The van der Waals surface area contributed by atoms with Crippen molar-refractivity contribution in [2.75, 3.05) is 0 Å². The number of fused-ring (bicyclic) bond motifs is 1. The summed E-state index contributed by atoms with van der Waals surface area (Å²) in [4.78, 5) is 31.4. The van der Waals surface area contributed by atoms with Crippen LogP contribution >= 0.6 is 0 Å². The van der Waals surface area contributed by atoms with Crippen molar-refractivity contribution >= 4 is 16.7 Å². The number of rotatable bonds is 3. The van der Waals surface area contributed by atoms with Crippen molar-refractivity contribution in [1.82, 2.24) is 9.97 Å². The van der Waals surface area contributed by atoms with Gasteiger partial charge in [0, 0.05) is 11.1 Å². The number of benzene rings is 3. The molecule has 126 valence electrons. The highest BCUT2D eigenvalue weighted by Crippen LogP contribution is 2.23. The Morgan fingerprint density at radius 1 is 0.846 bits per heavy atom. The number of carbonyl (C=O) groups is 1. The number of Topliss-reactive ketones (excluding diaryl/α,β-unsaturated/α-hetero) is 1. The smallest absolute Gasteiger partial charge is 0.259 e. The van der Waals surface area contributed by atoms with Crippen LogP contribution < -0.4 is 5.56 Å². The van der Waals surface area contributed by atoms with Crippen molar-refractivity contribution in [3.8, 4) is 22.5 Å². The minimum absolute atomic E-state index is 0.00459. The molecule has 0 radical (unpaired) electrons. The molecule has 3 aromatic carbocycles. The third kappa shape index (κ3) is 2.93. The van der Waals surface area contributed by atoms with Crippen LogP contribution in [0, 0.1) is 0 Å². The van der Waals surface area contributed by atoms with Gasteiger partial charge in [-0.15, -0.1) is 0 Å². The van der Waals surface area contributed by atoms with E-state index in [4.69, 9.17) is 0 Å². The lowest BCUT2D eigenvalue weighted by atomic mass is 10.0. The molecule has 4 rings (SSSR count). The van der Waals surface area contributed by atoms with Crippen LogP contribution in [0.2, 0.25) is 0 Å². The molecule has 0 atom stereocenters. The highest BCUT2D eigenvalue weighted by atomic mass is 16.1. The predicted octanol–water partition coefficient (Wildman–Crippen LogP) is 4.46. The second kappa shape index (κ2) is 6.41. The van der Waals surface area contributed by atoms with E-state index in [1.165, 1.54) is 6.92 Å². The average molecular weight is 340 g/mol. The first-order valence-corrected chi connectivity index (χ1v) is 8.33. The van der Waals surface area contributed by atoms with E-state index in [1.807, 2.05) is 48.5 Å². The highest BCUT2D eigenvalue weighted by molar-refractivity contribution is 5.94. The number of hydrogen-bond donors (Lipinski definition) is 1. The topological polar surface area (TPSA) is 62.8 Å². The lowest BCUT2D eigenvalue weighted by Gasteiger charge is -2.06. The Morgan fingerprint density at radius 2 is 1.54 bits per heavy atom. The number of aromatic amines is 1. The van der Waals surface area contributed by atoms with E-state index in [9.17, 15) is 9.59 Å². The second-order valence-corrected chi connectivity index (χ2v) is 6.15. The summed E-state index contributed by atoms with van der Waals surface area (Å²) in [6.45, 7) is 1.52. The van der Waals surface area contributed by atoms with Gasteiger partial charge in [-0.05, 0) is 30.2 Å². The maximum atomic E-state index is 12.6. The summed E-state index contributed by atoms with van der Waals surface area (Å²) in [5.74, 6) is 0.495. The maximum Gasteiger partial charge on any atom is 0.259 e. The Balaban J connectivity index is 1.80. The van der Waals surface area contributed by atoms with Gasteiger partial charge in [0.25, 0.3) is 5.56 Å². The van der Waals surface area contributed by atoms with E-state index in [0.29, 0.717) is 22.3 Å². The minimum Gasteiger partial charge on any atom is -0.306 e. The van der Waals surface area contributed by atoms with E-state index < -0.39 is 0 Å². The van der Waals surface area contributed by atoms with Gasteiger partial charge in [0.15, 0.2) is 5.78 Å². The van der Waals surface area contributed by atoms with Crippen LogP contribution in [0.5, 0.6) is 0 Å². The molecule has 0 spiro atoms. The molecule has 0 aliphatic heterocycles. The molecule has 0 amide bonds. The van der Waals surface area contributed by atoms with Crippen LogP contribution in [-0.4, -0.2) is 15.8 Å². The predicted molar refractivity (Wildman–Crippen MR) is 103 cm³/mol. The molecule has 0 aliphatic rings. The van der Waals surface area contributed by atoms with E-state index in [0.717, 1.165) is 16.7 Å². The molecule has 0 saturated carbocycles. The number of nitrogens with one attached hydrogen (secondary N) is 1. The second-order valence-electron chi connectivity index (χ2n) is 6.15. The monoisotopic (exact) mass is 340 g/mol. The molecule has 1 N–H and O–H groups in total. The lowest BCUT2D eigenvalue weighted by Crippen LogP contribution is -2.09. The van der Waals surface area contributed by atoms with Gasteiger partial charge in [0.2, 0.25) is 0 Å². The van der Waals surface area contributed by atoms with Crippen molar-refractivity contribution < 1.29 is 4.79 Å². The fourth-order valence-electron chi connectivity index (χ4n) is 2.95. The molecular formula is C22H16N2O2. The van der Waals surface area contributed by atoms with Gasteiger partial charge in [-0.3, -0.25) is 9.59 Å². The number of ketones is 1. The molecule has 1 aromatic heterocycles. The number of nitrogens with zero attached hydrogens (tertiary/aromatic N) is 1. The van der Waals surface area contributed by atoms with Gasteiger partial charge >= 0.3 is 0 Å². The van der Waals surface area contributed by atoms with Crippen molar-refractivity contribution in [3.05, 3.63) is 88.7 Å². The third-order valence-electron chi connectivity index (χ3n) is 4.38. The zero-order valence-electron chi connectivity index (χ0n) is 14.2. The Hall–Kier alpha value is -3.53. The zero-order chi connectivity index (χ0) is 18.1. The molecule has 4 heteroatoms. The number of hydrogen-bond acceptors (Lipinski definition) is 3. The largest absolute Gasteiger partial charge is 0.306 e. The van der Waals surface area contributed by atoms with E-state index >= 15 is 0 Å². The van der Waals surface area contributed by atoms with E-state index in [-0.39, 0.29) is 11.3 Å². The summed E-state index contributed by atoms with van der Waals surface area (Å²) in [6.07, 6.45) is 0. The molecule has 4 nitrogen and oxygen atoms in total. The molecule has 0 saturated heterocycles. The van der Waals surface area contributed by atoms with Gasteiger partial charge in [0.1, 0.15) is 5.82 Å². The molecule has 0 fully saturated rings. The van der Waals surface area contributed by atoms with E-state index in [2.05, 4.69) is 9.97 Å². The minimum atomic E-state index is -0.182. The van der Waals surface area contributed by atoms with Crippen molar-refractivity contribution in [2.24, 2.45) is 0 Å². The summed E-state index contributed by atoms with van der Waals surface area (Å²) >= 11 is 0. The average Bonchev–Trinajstić information content (AvgIpc) is 2.68. The highest BCUT2D eigenvalue weighted by Gasteiger charge is 2.08. The van der Waals surface area contributed by atoms with Gasteiger partial charge < -0.3 is 4.98 Å².